The standard InChI is InChI=1S/C16H21N7/c1-10-6-22(15-5-11(2)17-19-16(10)15)12(3)14-9-23(20-18-14)13-7-21(4)8-13/h5-6,9,12-13H,7-8H2,1-4H3. The van der Waals surface area contributed by atoms with Gasteiger partial charge in [-0.2, -0.15) is 5.10 Å². The van der Waals surface area contributed by atoms with E-state index in [1.807, 2.05) is 11.6 Å². The van der Waals surface area contributed by atoms with Crippen LogP contribution in [0.15, 0.2) is 18.5 Å². The van der Waals surface area contributed by atoms with Crippen molar-refractivity contribution in [1.29, 1.82) is 0 Å². The first-order valence-electron chi connectivity index (χ1n) is 7.94. The van der Waals surface area contributed by atoms with Crippen LogP contribution in [0.25, 0.3) is 11.0 Å². The Bertz CT molecular complexity index is 857. The zero-order valence-electron chi connectivity index (χ0n) is 13.9. The monoisotopic (exact) mass is 311 g/mol. The number of fused-ring (bicyclic) bond motifs is 1. The first-order chi connectivity index (χ1) is 11.0. The summed E-state index contributed by atoms with van der Waals surface area (Å²) in [6.07, 6.45) is 4.20. The minimum Gasteiger partial charge on any atom is -0.337 e. The van der Waals surface area contributed by atoms with Gasteiger partial charge in [-0.1, -0.05) is 5.21 Å². The Balaban J connectivity index is 1.69. The molecule has 3 aromatic heterocycles. The predicted molar refractivity (Wildman–Crippen MR) is 87.4 cm³/mol. The summed E-state index contributed by atoms with van der Waals surface area (Å²) in [5.41, 5.74) is 5.08. The number of aryl methyl sites for hydroxylation is 2. The number of hydrogen-bond acceptors (Lipinski definition) is 5. The molecular weight excluding hydrogens is 290 g/mol. The summed E-state index contributed by atoms with van der Waals surface area (Å²) >= 11 is 0. The van der Waals surface area contributed by atoms with E-state index in [9.17, 15) is 0 Å². The van der Waals surface area contributed by atoms with Crippen molar-refractivity contribution in [3.05, 3.63) is 35.4 Å². The highest BCUT2D eigenvalue weighted by atomic mass is 15.5. The maximum absolute atomic E-state index is 4.40. The number of likely N-dealkylation sites (N-methyl/N-ethyl adjacent to an activating group) is 1. The van der Waals surface area contributed by atoms with Crippen molar-refractivity contribution in [3.8, 4) is 0 Å². The van der Waals surface area contributed by atoms with Gasteiger partial charge in [0.25, 0.3) is 0 Å². The SMILES string of the molecule is Cc1cc2c(nn1)c(C)cn2C(C)c1cn(C2CN(C)C2)nn1. The van der Waals surface area contributed by atoms with E-state index < -0.39 is 0 Å². The second kappa shape index (κ2) is 5.13. The molecule has 7 heteroatoms. The summed E-state index contributed by atoms with van der Waals surface area (Å²) in [6, 6.07) is 2.64. The zero-order chi connectivity index (χ0) is 16.1. The second-order valence-electron chi connectivity index (χ2n) is 6.61. The third-order valence-electron chi connectivity index (χ3n) is 4.67. The first-order valence-corrected chi connectivity index (χ1v) is 7.94. The molecule has 0 N–H and O–H groups in total. The third-order valence-corrected chi connectivity index (χ3v) is 4.67. The van der Waals surface area contributed by atoms with Crippen molar-refractivity contribution in [1.82, 2.24) is 34.7 Å². The van der Waals surface area contributed by atoms with Gasteiger partial charge in [0, 0.05) is 19.3 Å². The van der Waals surface area contributed by atoms with Crippen molar-refractivity contribution < 1.29 is 0 Å². The summed E-state index contributed by atoms with van der Waals surface area (Å²) in [7, 11) is 2.12. The van der Waals surface area contributed by atoms with E-state index in [-0.39, 0.29) is 6.04 Å². The van der Waals surface area contributed by atoms with Gasteiger partial charge >= 0.3 is 0 Å². The topological polar surface area (TPSA) is 64.7 Å². The fourth-order valence-corrected chi connectivity index (χ4v) is 3.25. The van der Waals surface area contributed by atoms with E-state index in [1.54, 1.807) is 0 Å². The van der Waals surface area contributed by atoms with Gasteiger partial charge < -0.3 is 9.47 Å². The lowest BCUT2D eigenvalue weighted by Crippen LogP contribution is -2.45. The van der Waals surface area contributed by atoms with Crippen LogP contribution in [0, 0.1) is 13.8 Å². The Morgan fingerprint density at radius 2 is 1.91 bits per heavy atom. The second-order valence-corrected chi connectivity index (χ2v) is 6.61. The molecule has 0 radical (unpaired) electrons. The van der Waals surface area contributed by atoms with Crippen molar-refractivity contribution in [2.24, 2.45) is 0 Å². The lowest BCUT2D eigenvalue weighted by atomic mass is 10.1. The molecule has 0 amide bonds. The Kier molecular flexibility index (Phi) is 3.19. The van der Waals surface area contributed by atoms with Gasteiger partial charge in [-0.15, -0.1) is 10.2 Å². The summed E-state index contributed by atoms with van der Waals surface area (Å²) in [4.78, 5) is 2.28. The van der Waals surface area contributed by atoms with Crippen molar-refractivity contribution >= 4 is 11.0 Å². The number of nitrogens with zero attached hydrogens (tertiary/aromatic N) is 7. The van der Waals surface area contributed by atoms with Crippen LogP contribution < -0.4 is 0 Å². The van der Waals surface area contributed by atoms with Crippen molar-refractivity contribution in [3.63, 3.8) is 0 Å². The Hall–Kier alpha value is -2.28. The van der Waals surface area contributed by atoms with Gasteiger partial charge in [-0.05, 0) is 39.4 Å². The summed E-state index contributed by atoms with van der Waals surface area (Å²) < 4.78 is 4.21. The van der Waals surface area contributed by atoms with Gasteiger partial charge in [0.15, 0.2) is 0 Å². The molecule has 23 heavy (non-hydrogen) atoms. The molecule has 0 aromatic carbocycles. The van der Waals surface area contributed by atoms with Gasteiger partial charge in [-0.25, -0.2) is 4.68 Å². The molecule has 1 atom stereocenters. The molecule has 1 unspecified atom stereocenters. The lowest BCUT2D eigenvalue weighted by Gasteiger charge is -2.35. The van der Waals surface area contributed by atoms with Crippen LogP contribution in [-0.4, -0.2) is 54.8 Å². The molecule has 4 heterocycles. The van der Waals surface area contributed by atoms with E-state index in [4.69, 9.17) is 0 Å². The summed E-state index contributed by atoms with van der Waals surface area (Å²) in [5.74, 6) is 0. The lowest BCUT2D eigenvalue weighted by molar-refractivity contribution is 0.129. The molecule has 0 spiro atoms. The molecular formula is C16H21N7. The number of hydrogen-bond donors (Lipinski definition) is 0. The molecule has 120 valence electrons. The van der Waals surface area contributed by atoms with Crippen LogP contribution in [-0.2, 0) is 0 Å². The fraction of sp³-hybridized carbons (Fsp3) is 0.500. The van der Waals surface area contributed by atoms with E-state index in [2.05, 4.69) is 69.3 Å². The molecule has 0 bridgehead atoms. The maximum Gasteiger partial charge on any atom is 0.114 e. The molecule has 4 rings (SSSR count). The van der Waals surface area contributed by atoms with E-state index in [1.165, 1.54) is 0 Å². The van der Waals surface area contributed by atoms with Crippen LogP contribution in [0.4, 0.5) is 0 Å². The molecule has 1 aliphatic heterocycles. The van der Waals surface area contributed by atoms with Crippen LogP contribution in [0.3, 0.4) is 0 Å². The highest BCUT2D eigenvalue weighted by Crippen LogP contribution is 2.26. The molecule has 7 nitrogen and oxygen atoms in total. The number of likely N-dealkylation sites (tertiary alicyclic amines) is 1. The van der Waals surface area contributed by atoms with Crippen molar-refractivity contribution in [2.75, 3.05) is 20.1 Å². The van der Waals surface area contributed by atoms with Crippen LogP contribution >= 0.6 is 0 Å². The van der Waals surface area contributed by atoms with Gasteiger partial charge in [0.2, 0.25) is 0 Å². The zero-order valence-corrected chi connectivity index (χ0v) is 13.9. The predicted octanol–water partition coefficient (Wildman–Crippen LogP) is 1.74. The van der Waals surface area contributed by atoms with E-state index in [0.29, 0.717) is 6.04 Å². The largest absolute Gasteiger partial charge is 0.337 e. The Morgan fingerprint density at radius 3 is 2.65 bits per heavy atom. The average Bonchev–Trinajstić information content (AvgIpc) is 3.09. The highest BCUT2D eigenvalue weighted by molar-refractivity contribution is 5.79. The Morgan fingerprint density at radius 1 is 1.13 bits per heavy atom. The smallest absolute Gasteiger partial charge is 0.114 e. The minimum atomic E-state index is 0.112. The Labute approximate surface area is 134 Å². The molecule has 1 saturated heterocycles. The molecule has 1 fully saturated rings. The van der Waals surface area contributed by atoms with Gasteiger partial charge in [0.1, 0.15) is 11.2 Å². The summed E-state index contributed by atoms with van der Waals surface area (Å²) in [6.45, 7) is 8.26. The average molecular weight is 311 g/mol. The maximum atomic E-state index is 4.40. The number of aromatic nitrogens is 6. The number of rotatable bonds is 3. The van der Waals surface area contributed by atoms with Gasteiger partial charge in [-0.3, -0.25) is 0 Å². The molecule has 3 aromatic rings. The van der Waals surface area contributed by atoms with Crippen molar-refractivity contribution in [2.45, 2.75) is 32.9 Å². The van der Waals surface area contributed by atoms with Crippen LogP contribution in [0.5, 0.6) is 0 Å². The molecule has 0 aliphatic carbocycles. The van der Waals surface area contributed by atoms with Crippen LogP contribution in [0.1, 0.15) is 36.0 Å². The highest BCUT2D eigenvalue weighted by Gasteiger charge is 2.27. The quantitative estimate of drug-likeness (QED) is 0.737. The van der Waals surface area contributed by atoms with E-state index >= 15 is 0 Å². The molecule has 0 saturated carbocycles. The fourth-order valence-electron chi connectivity index (χ4n) is 3.25. The van der Waals surface area contributed by atoms with E-state index in [0.717, 1.165) is 41.1 Å². The normalized spacial score (nSPS) is 17.6. The molecule has 1 aliphatic rings. The first kappa shape index (κ1) is 14.3. The summed E-state index contributed by atoms with van der Waals surface area (Å²) in [5, 5.41) is 17.2. The van der Waals surface area contributed by atoms with Gasteiger partial charge in [0.05, 0.1) is 29.5 Å². The third kappa shape index (κ3) is 2.31. The van der Waals surface area contributed by atoms with Crippen LogP contribution in [0.2, 0.25) is 0 Å². The minimum absolute atomic E-state index is 0.112.